The summed E-state index contributed by atoms with van der Waals surface area (Å²) < 4.78 is 16.5. The van der Waals surface area contributed by atoms with Crippen LogP contribution in [-0.4, -0.2) is 26.8 Å². The van der Waals surface area contributed by atoms with Crippen LogP contribution in [0.5, 0.6) is 0 Å². The van der Waals surface area contributed by atoms with Crippen LogP contribution >= 0.6 is 0 Å². The Morgan fingerprint density at radius 1 is 1.17 bits per heavy atom. The molecule has 2 aromatic rings. The summed E-state index contributed by atoms with van der Waals surface area (Å²) in [4.78, 5) is 11.1. The number of methoxy groups -OCH3 is 1. The number of hydrogen-bond acceptors (Lipinski definition) is 4. The number of esters is 1. The lowest BCUT2D eigenvalue weighted by molar-refractivity contribution is -0.134. The molecule has 0 amide bonds. The minimum Gasteiger partial charge on any atom is -0.466 e. The van der Waals surface area contributed by atoms with Gasteiger partial charge in [0, 0.05) is 12.5 Å². The van der Waals surface area contributed by atoms with Crippen molar-refractivity contribution >= 4 is 18.6 Å². The zero-order valence-corrected chi connectivity index (χ0v) is 13.6. The maximum Gasteiger partial charge on any atom is 0.494 e. The molecule has 0 spiro atoms. The Balaban J connectivity index is 1.65. The normalized spacial score (nSPS) is 15.6. The highest BCUT2D eigenvalue weighted by atomic mass is 16.6. The summed E-state index contributed by atoms with van der Waals surface area (Å²) in [5.74, 6) is -0.399. The second-order valence-electron chi connectivity index (χ2n) is 5.53. The number of benzene rings is 2. The second-order valence-corrected chi connectivity index (χ2v) is 5.53. The molecule has 5 heteroatoms. The molecule has 1 unspecified atom stereocenters. The molecule has 0 heterocycles. The van der Waals surface area contributed by atoms with Gasteiger partial charge >= 0.3 is 13.1 Å². The predicted octanol–water partition coefficient (Wildman–Crippen LogP) is 2.44. The highest BCUT2D eigenvalue weighted by Crippen LogP contribution is 2.36. The van der Waals surface area contributed by atoms with E-state index in [1.807, 2.05) is 42.5 Å². The van der Waals surface area contributed by atoms with E-state index < -0.39 is 13.1 Å². The van der Waals surface area contributed by atoms with Crippen molar-refractivity contribution < 1.29 is 18.8 Å². The molecule has 0 saturated carbocycles. The summed E-state index contributed by atoms with van der Waals surface area (Å²) in [6.07, 6.45) is 3.90. The first-order valence-corrected chi connectivity index (χ1v) is 7.92. The van der Waals surface area contributed by atoms with Crippen LogP contribution < -0.4 is 5.46 Å². The fourth-order valence-electron chi connectivity index (χ4n) is 2.66. The molecule has 0 radical (unpaired) electrons. The average Bonchev–Trinajstić information content (AvgIpc) is 2.61. The molecular weight excluding hydrogens is 303 g/mol. The van der Waals surface area contributed by atoms with Gasteiger partial charge in [0.15, 0.2) is 0 Å². The molecule has 24 heavy (non-hydrogen) atoms. The fourth-order valence-corrected chi connectivity index (χ4v) is 2.66. The van der Waals surface area contributed by atoms with Crippen LogP contribution in [0.3, 0.4) is 0 Å². The molecule has 2 aromatic carbocycles. The lowest BCUT2D eigenvalue weighted by atomic mass is 9.76. The minimum absolute atomic E-state index is 0.0380. The fraction of sp³-hybridized carbons (Fsp3) is 0.211. The van der Waals surface area contributed by atoms with Crippen LogP contribution in [0, 0.1) is 0 Å². The molecule has 0 saturated heterocycles. The summed E-state index contributed by atoms with van der Waals surface area (Å²) >= 11 is 0. The van der Waals surface area contributed by atoms with Crippen LogP contribution in [0.15, 0.2) is 66.7 Å². The molecule has 4 nitrogen and oxygen atoms in total. The third kappa shape index (κ3) is 3.93. The largest absolute Gasteiger partial charge is 0.494 e. The summed E-state index contributed by atoms with van der Waals surface area (Å²) in [5.41, 5.74) is 3.49. The van der Waals surface area contributed by atoms with Crippen LogP contribution in [0.2, 0.25) is 0 Å². The van der Waals surface area contributed by atoms with E-state index in [0.717, 1.165) is 11.9 Å². The van der Waals surface area contributed by atoms with Gasteiger partial charge in [-0.05, 0) is 16.6 Å². The van der Waals surface area contributed by atoms with Crippen molar-refractivity contribution in [1.29, 1.82) is 0 Å². The SMILES string of the molecule is COC(=O)/C=C/COB(OC1Cc2ccccc21)c1ccccc1. The van der Waals surface area contributed by atoms with E-state index in [9.17, 15) is 4.79 Å². The van der Waals surface area contributed by atoms with Gasteiger partial charge < -0.3 is 14.0 Å². The number of ether oxygens (including phenoxy) is 1. The van der Waals surface area contributed by atoms with Gasteiger partial charge in [0.05, 0.1) is 19.8 Å². The van der Waals surface area contributed by atoms with Crippen LogP contribution in [0.25, 0.3) is 0 Å². The maximum atomic E-state index is 11.1. The Labute approximate surface area is 142 Å². The van der Waals surface area contributed by atoms with Crippen molar-refractivity contribution in [2.75, 3.05) is 13.7 Å². The van der Waals surface area contributed by atoms with Gasteiger partial charge in [0.25, 0.3) is 0 Å². The summed E-state index contributed by atoms with van der Waals surface area (Å²) in [6.45, 7) is 0.267. The van der Waals surface area contributed by atoms with Gasteiger partial charge in [-0.1, -0.05) is 60.7 Å². The quantitative estimate of drug-likeness (QED) is 0.446. The molecule has 0 N–H and O–H groups in total. The van der Waals surface area contributed by atoms with Crippen molar-refractivity contribution in [3.8, 4) is 0 Å². The van der Waals surface area contributed by atoms with Gasteiger partial charge in [0.2, 0.25) is 0 Å². The van der Waals surface area contributed by atoms with E-state index in [1.165, 1.54) is 24.3 Å². The summed E-state index contributed by atoms with van der Waals surface area (Å²) in [7, 11) is 0.865. The zero-order chi connectivity index (χ0) is 16.8. The number of carbonyl (C=O) groups excluding carboxylic acids is 1. The lowest BCUT2D eigenvalue weighted by Crippen LogP contribution is -2.40. The molecule has 1 aliphatic rings. The standard InChI is InChI=1S/C19H19BO4/c1-22-19(21)12-7-13-23-20(16-9-3-2-4-10-16)24-18-14-15-8-5-6-11-17(15)18/h2-12,18H,13-14H2,1H3/b12-7+. The molecule has 1 aliphatic carbocycles. The average molecular weight is 322 g/mol. The smallest absolute Gasteiger partial charge is 0.466 e. The minimum atomic E-state index is -0.480. The van der Waals surface area contributed by atoms with E-state index in [1.54, 1.807) is 6.08 Å². The van der Waals surface area contributed by atoms with E-state index in [4.69, 9.17) is 9.31 Å². The Hall–Kier alpha value is -2.37. The first-order valence-electron chi connectivity index (χ1n) is 7.92. The van der Waals surface area contributed by atoms with E-state index in [0.29, 0.717) is 0 Å². The third-order valence-electron chi connectivity index (χ3n) is 3.97. The first-order chi connectivity index (χ1) is 11.8. The van der Waals surface area contributed by atoms with Crippen molar-refractivity contribution in [2.45, 2.75) is 12.5 Å². The van der Waals surface area contributed by atoms with E-state index >= 15 is 0 Å². The third-order valence-corrected chi connectivity index (χ3v) is 3.97. The topological polar surface area (TPSA) is 44.8 Å². The van der Waals surface area contributed by atoms with Gasteiger partial charge in [0.1, 0.15) is 0 Å². The Morgan fingerprint density at radius 2 is 1.92 bits per heavy atom. The van der Waals surface area contributed by atoms with E-state index in [2.05, 4.69) is 16.9 Å². The highest BCUT2D eigenvalue weighted by Gasteiger charge is 2.32. The van der Waals surface area contributed by atoms with Gasteiger partial charge in [-0.15, -0.1) is 0 Å². The lowest BCUT2D eigenvalue weighted by Gasteiger charge is -2.32. The van der Waals surface area contributed by atoms with Crippen LogP contribution in [0.4, 0.5) is 0 Å². The molecule has 1 atom stereocenters. The van der Waals surface area contributed by atoms with Crippen molar-refractivity contribution in [2.24, 2.45) is 0 Å². The second kappa shape index (κ2) is 7.95. The highest BCUT2D eigenvalue weighted by molar-refractivity contribution is 6.61. The van der Waals surface area contributed by atoms with Crippen molar-refractivity contribution in [3.05, 3.63) is 77.9 Å². The van der Waals surface area contributed by atoms with Gasteiger partial charge in [-0.3, -0.25) is 0 Å². The number of rotatable bonds is 7. The van der Waals surface area contributed by atoms with Crippen LogP contribution in [0.1, 0.15) is 17.2 Å². The van der Waals surface area contributed by atoms with E-state index in [-0.39, 0.29) is 12.7 Å². The monoisotopic (exact) mass is 322 g/mol. The number of fused-ring (bicyclic) bond motifs is 1. The molecule has 3 rings (SSSR count). The predicted molar refractivity (Wildman–Crippen MR) is 92.9 cm³/mol. The Kier molecular flexibility index (Phi) is 5.46. The summed E-state index contributed by atoms with van der Waals surface area (Å²) in [5, 5.41) is 0. The zero-order valence-electron chi connectivity index (χ0n) is 13.6. The Morgan fingerprint density at radius 3 is 2.67 bits per heavy atom. The number of carbonyl (C=O) groups is 1. The molecule has 0 aromatic heterocycles. The van der Waals surface area contributed by atoms with Gasteiger partial charge in [-0.2, -0.15) is 0 Å². The van der Waals surface area contributed by atoms with Crippen LogP contribution in [-0.2, 0) is 25.3 Å². The number of hydrogen-bond donors (Lipinski definition) is 0. The molecule has 0 aliphatic heterocycles. The Bertz CT molecular complexity index is 714. The molecule has 122 valence electrons. The molecule has 0 bridgehead atoms. The molecular formula is C19H19BO4. The first kappa shape index (κ1) is 16.5. The van der Waals surface area contributed by atoms with Gasteiger partial charge in [-0.25, -0.2) is 4.79 Å². The van der Waals surface area contributed by atoms with Crippen molar-refractivity contribution in [1.82, 2.24) is 0 Å². The summed E-state index contributed by atoms with van der Waals surface area (Å²) in [6, 6.07) is 18.1. The van der Waals surface area contributed by atoms with Crippen molar-refractivity contribution in [3.63, 3.8) is 0 Å². The molecule has 0 fully saturated rings. The maximum absolute atomic E-state index is 11.1.